The monoisotopic (exact) mass is 317 g/mol. The van der Waals surface area contributed by atoms with Crippen LogP contribution in [0, 0.1) is 0 Å². The van der Waals surface area contributed by atoms with Crippen LogP contribution in [0.4, 0.5) is 0 Å². The van der Waals surface area contributed by atoms with Crippen molar-refractivity contribution in [2.75, 3.05) is 19.1 Å². The molecule has 7 heteroatoms. The first kappa shape index (κ1) is 17.0. The minimum atomic E-state index is -3.66. The average molecular weight is 317 g/mol. The van der Waals surface area contributed by atoms with Crippen LogP contribution in [0.2, 0.25) is 0 Å². The van der Waals surface area contributed by atoms with E-state index in [0.717, 1.165) is 12.2 Å². The highest BCUT2D eigenvalue weighted by Crippen LogP contribution is 2.19. The predicted molar refractivity (Wildman–Crippen MR) is 80.8 cm³/mol. The summed E-state index contributed by atoms with van der Waals surface area (Å²) in [5.74, 6) is -0.268. The lowest BCUT2D eigenvalue weighted by Gasteiger charge is -2.24. The largest absolute Gasteiger partial charge is 0.478 e. The van der Waals surface area contributed by atoms with E-state index >= 15 is 0 Å². The van der Waals surface area contributed by atoms with Crippen molar-refractivity contribution in [3.8, 4) is 0 Å². The second-order valence-electron chi connectivity index (χ2n) is 4.48. The summed E-state index contributed by atoms with van der Waals surface area (Å²) in [4.78, 5) is 10.9. The standard InChI is InChI=1S/C13H19NO4S2/c1-10(7-8-19-3)14(2)20(17,18)12-6-4-5-11(9-12)13(15)16/h4-6,9-10H,7-8H2,1-3H3,(H,15,16). The summed E-state index contributed by atoms with van der Waals surface area (Å²) in [6, 6.07) is 5.28. The molecule has 5 nitrogen and oxygen atoms in total. The van der Waals surface area contributed by atoms with Crippen LogP contribution in [-0.2, 0) is 10.0 Å². The van der Waals surface area contributed by atoms with Crippen molar-refractivity contribution in [2.24, 2.45) is 0 Å². The maximum atomic E-state index is 12.4. The average Bonchev–Trinajstić information content (AvgIpc) is 2.43. The summed E-state index contributed by atoms with van der Waals surface area (Å²) in [6.45, 7) is 1.84. The maximum absolute atomic E-state index is 12.4. The first-order valence-electron chi connectivity index (χ1n) is 6.11. The number of hydrogen-bond acceptors (Lipinski definition) is 4. The van der Waals surface area contributed by atoms with Crippen molar-refractivity contribution < 1.29 is 18.3 Å². The summed E-state index contributed by atoms with van der Waals surface area (Å²) < 4.78 is 26.2. The molecule has 0 radical (unpaired) electrons. The number of carbonyl (C=O) groups is 1. The van der Waals surface area contributed by atoms with Gasteiger partial charge in [-0.1, -0.05) is 6.07 Å². The third-order valence-electron chi connectivity index (χ3n) is 3.12. The highest BCUT2D eigenvalue weighted by molar-refractivity contribution is 7.98. The zero-order valence-corrected chi connectivity index (χ0v) is 13.4. The first-order chi connectivity index (χ1) is 9.30. The van der Waals surface area contributed by atoms with E-state index < -0.39 is 16.0 Å². The molecule has 0 saturated heterocycles. The molecule has 1 N–H and O–H groups in total. The molecule has 0 fully saturated rings. The van der Waals surface area contributed by atoms with Gasteiger partial charge in [-0.3, -0.25) is 0 Å². The Morgan fingerprint density at radius 3 is 2.65 bits per heavy atom. The SMILES string of the molecule is CSCCC(C)N(C)S(=O)(=O)c1cccc(C(=O)O)c1. The van der Waals surface area contributed by atoms with E-state index in [-0.39, 0.29) is 16.5 Å². The predicted octanol–water partition coefficient (Wildman–Crippen LogP) is 2.15. The Balaban J connectivity index is 3.03. The van der Waals surface area contributed by atoms with E-state index in [1.54, 1.807) is 11.8 Å². The van der Waals surface area contributed by atoms with Gasteiger partial charge in [-0.2, -0.15) is 16.1 Å². The van der Waals surface area contributed by atoms with Crippen molar-refractivity contribution >= 4 is 27.8 Å². The van der Waals surface area contributed by atoms with Gasteiger partial charge in [0.15, 0.2) is 0 Å². The van der Waals surface area contributed by atoms with Crippen molar-refractivity contribution in [1.82, 2.24) is 4.31 Å². The lowest BCUT2D eigenvalue weighted by Crippen LogP contribution is -2.35. The van der Waals surface area contributed by atoms with Crippen LogP contribution < -0.4 is 0 Å². The molecule has 0 amide bonds. The molecule has 0 heterocycles. The molecule has 1 unspecified atom stereocenters. The molecule has 1 aromatic carbocycles. The van der Waals surface area contributed by atoms with Crippen LogP contribution in [0.1, 0.15) is 23.7 Å². The Morgan fingerprint density at radius 1 is 1.45 bits per heavy atom. The van der Waals surface area contributed by atoms with Crippen molar-refractivity contribution in [3.05, 3.63) is 29.8 Å². The quantitative estimate of drug-likeness (QED) is 0.834. The maximum Gasteiger partial charge on any atom is 0.335 e. The van der Waals surface area contributed by atoms with Gasteiger partial charge in [0.05, 0.1) is 10.5 Å². The number of hydrogen-bond donors (Lipinski definition) is 1. The van der Waals surface area contributed by atoms with Crippen molar-refractivity contribution in [3.63, 3.8) is 0 Å². The van der Waals surface area contributed by atoms with Gasteiger partial charge in [0.25, 0.3) is 0 Å². The van der Waals surface area contributed by atoms with Gasteiger partial charge < -0.3 is 5.11 Å². The number of carboxylic acids is 1. The highest BCUT2D eigenvalue weighted by Gasteiger charge is 2.25. The number of benzene rings is 1. The second kappa shape index (κ2) is 7.10. The number of rotatable bonds is 7. The zero-order chi connectivity index (χ0) is 15.3. The molecule has 1 rings (SSSR count). The van der Waals surface area contributed by atoms with Gasteiger partial charge in [0, 0.05) is 13.1 Å². The van der Waals surface area contributed by atoms with E-state index in [9.17, 15) is 13.2 Å². The highest BCUT2D eigenvalue weighted by atomic mass is 32.2. The Labute approximate surface area is 124 Å². The molecule has 0 aliphatic heterocycles. The third-order valence-corrected chi connectivity index (χ3v) is 5.73. The van der Waals surface area contributed by atoms with Crippen LogP contribution in [-0.4, -0.2) is 48.9 Å². The van der Waals surface area contributed by atoms with Gasteiger partial charge >= 0.3 is 5.97 Å². The molecule has 1 atom stereocenters. The van der Waals surface area contributed by atoms with Crippen LogP contribution in [0.3, 0.4) is 0 Å². The van der Waals surface area contributed by atoms with Crippen LogP contribution in [0.5, 0.6) is 0 Å². The third kappa shape index (κ3) is 3.97. The Hall–Kier alpha value is -1.05. The van der Waals surface area contributed by atoms with E-state index in [1.165, 1.54) is 35.6 Å². The number of sulfonamides is 1. The Morgan fingerprint density at radius 2 is 2.10 bits per heavy atom. The molecule has 1 aromatic rings. The number of nitrogens with zero attached hydrogens (tertiary/aromatic N) is 1. The van der Waals surface area contributed by atoms with E-state index in [4.69, 9.17) is 5.11 Å². The summed E-state index contributed by atoms with van der Waals surface area (Å²) in [5.41, 5.74) is -0.0313. The fourth-order valence-electron chi connectivity index (χ4n) is 1.66. The summed E-state index contributed by atoms with van der Waals surface area (Å²) in [6.07, 6.45) is 2.72. The first-order valence-corrected chi connectivity index (χ1v) is 8.94. The number of carboxylic acid groups (broad SMARTS) is 1. The molecule has 0 bridgehead atoms. The smallest absolute Gasteiger partial charge is 0.335 e. The molecule has 20 heavy (non-hydrogen) atoms. The molecule has 0 saturated carbocycles. The Kier molecular flexibility index (Phi) is 6.04. The normalized spacial score (nSPS) is 13.4. The molecule has 0 aliphatic rings. The summed E-state index contributed by atoms with van der Waals surface area (Å²) in [5, 5.41) is 8.93. The molecular weight excluding hydrogens is 298 g/mol. The van der Waals surface area contributed by atoms with Crippen LogP contribution >= 0.6 is 11.8 Å². The zero-order valence-electron chi connectivity index (χ0n) is 11.7. The van der Waals surface area contributed by atoms with Gasteiger partial charge in [-0.25, -0.2) is 13.2 Å². The fraction of sp³-hybridized carbons (Fsp3) is 0.462. The minimum Gasteiger partial charge on any atom is -0.478 e. The summed E-state index contributed by atoms with van der Waals surface area (Å²) >= 11 is 1.66. The molecular formula is C13H19NO4S2. The van der Waals surface area contributed by atoms with Gasteiger partial charge in [-0.05, 0) is 43.6 Å². The van der Waals surface area contributed by atoms with Crippen LogP contribution in [0.15, 0.2) is 29.2 Å². The molecule has 112 valence electrons. The minimum absolute atomic E-state index is 0.0101. The van der Waals surface area contributed by atoms with E-state index in [2.05, 4.69) is 0 Å². The van der Waals surface area contributed by atoms with E-state index in [1.807, 2.05) is 13.2 Å². The fourth-order valence-corrected chi connectivity index (χ4v) is 3.68. The van der Waals surface area contributed by atoms with Crippen LogP contribution in [0.25, 0.3) is 0 Å². The topological polar surface area (TPSA) is 74.7 Å². The van der Waals surface area contributed by atoms with Gasteiger partial charge in [0.2, 0.25) is 10.0 Å². The molecule has 0 aromatic heterocycles. The molecule has 0 aliphatic carbocycles. The summed E-state index contributed by atoms with van der Waals surface area (Å²) in [7, 11) is -2.14. The Bertz CT molecular complexity index is 571. The lowest BCUT2D eigenvalue weighted by molar-refractivity contribution is 0.0696. The number of aromatic carboxylic acids is 1. The van der Waals surface area contributed by atoms with Gasteiger partial charge in [0.1, 0.15) is 0 Å². The van der Waals surface area contributed by atoms with Crippen molar-refractivity contribution in [2.45, 2.75) is 24.3 Å². The lowest BCUT2D eigenvalue weighted by atomic mass is 10.2. The number of thioether (sulfide) groups is 1. The molecule has 0 spiro atoms. The van der Waals surface area contributed by atoms with Crippen molar-refractivity contribution in [1.29, 1.82) is 0 Å². The second-order valence-corrected chi connectivity index (χ2v) is 7.47. The van der Waals surface area contributed by atoms with Gasteiger partial charge in [-0.15, -0.1) is 0 Å². The van der Waals surface area contributed by atoms with E-state index in [0.29, 0.717) is 0 Å².